The van der Waals surface area contributed by atoms with Crippen molar-refractivity contribution in [3.05, 3.63) is 51.8 Å². The van der Waals surface area contributed by atoms with E-state index in [0.717, 1.165) is 12.1 Å². The van der Waals surface area contributed by atoms with Crippen molar-refractivity contribution in [2.75, 3.05) is 0 Å². The summed E-state index contributed by atoms with van der Waals surface area (Å²) in [5, 5.41) is 0. The second kappa shape index (κ2) is 3.43. The lowest BCUT2D eigenvalue weighted by molar-refractivity contribution is 1.05. The van der Waals surface area contributed by atoms with Crippen LogP contribution >= 0.6 is 0 Å². The summed E-state index contributed by atoms with van der Waals surface area (Å²) < 4.78 is 0. The fourth-order valence-corrected chi connectivity index (χ4v) is 2.75. The Hall–Kier alpha value is -1.63. The van der Waals surface area contributed by atoms with E-state index < -0.39 is 0 Å². The van der Waals surface area contributed by atoms with Gasteiger partial charge in [-0.3, -0.25) is 4.98 Å². The van der Waals surface area contributed by atoms with Crippen LogP contribution in [0.1, 0.15) is 33.6 Å². The summed E-state index contributed by atoms with van der Waals surface area (Å²) >= 11 is 0. The minimum atomic E-state index is 0.999. The highest BCUT2D eigenvalue weighted by Crippen LogP contribution is 2.40. The zero-order chi connectivity index (χ0) is 12.2. The molecule has 0 fully saturated rings. The number of pyridine rings is 1. The molecule has 1 aromatic carbocycles. The molecule has 3 rings (SSSR count). The molecule has 0 bridgehead atoms. The number of fused-ring (bicyclic) bond motifs is 3. The maximum atomic E-state index is 4.75. The van der Waals surface area contributed by atoms with Crippen LogP contribution in [0.15, 0.2) is 18.2 Å². The smallest absolute Gasteiger partial charge is 0.0529 e. The second-order valence-electron chi connectivity index (χ2n) is 5.11. The van der Waals surface area contributed by atoms with E-state index in [2.05, 4.69) is 45.9 Å². The Morgan fingerprint density at radius 2 is 1.65 bits per heavy atom. The highest BCUT2D eigenvalue weighted by molar-refractivity contribution is 5.79. The highest BCUT2D eigenvalue weighted by atomic mass is 14.7. The summed E-state index contributed by atoms with van der Waals surface area (Å²) in [5.74, 6) is 0. The number of aromatic nitrogens is 1. The van der Waals surface area contributed by atoms with Crippen molar-refractivity contribution in [3.63, 3.8) is 0 Å². The number of aryl methyl sites for hydroxylation is 4. The van der Waals surface area contributed by atoms with E-state index in [-0.39, 0.29) is 0 Å². The van der Waals surface area contributed by atoms with E-state index in [1.165, 1.54) is 39.1 Å². The maximum absolute atomic E-state index is 4.75. The molecule has 0 saturated carbocycles. The van der Waals surface area contributed by atoms with Gasteiger partial charge in [0, 0.05) is 17.7 Å². The Morgan fingerprint density at radius 1 is 0.941 bits per heavy atom. The van der Waals surface area contributed by atoms with E-state index in [1.54, 1.807) is 0 Å². The fourth-order valence-electron chi connectivity index (χ4n) is 2.75. The van der Waals surface area contributed by atoms with E-state index in [0.29, 0.717) is 0 Å². The Kier molecular flexibility index (Phi) is 2.12. The Labute approximate surface area is 103 Å². The predicted octanol–water partition coefficient (Wildman–Crippen LogP) is 3.89. The van der Waals surface area contributed by atoms with Gasteiger partial charge in [0.25, 0.3) is 0 Å². The summed E-state index contributed by atoms with van der Waals surface area (Å²) in [6.07, 6.45) is 0.999. The third-order valence-electron chi connectivity index (χ3n) is 3.91. The molecule has 17 heavy (non-hydrogen) atoms. The van der Waals surface area contributed by atoms with Crippen molar-refractivity contribution >= 4 is 0 Å². The molecule has 1 aromatic heterocycles. The first-order valence-corrected chi connectivity index (χ1v) is 6.14. The van der Waals surface area contributed by atoms with Crippen LogP contribution in [0, 0.1) is 27.7 Å². The first-order valence-electron chi connectivity index (χ1n) is 6.14. The van der Waals surface area contributed by atoms with Gasteiger partial charge < -0.3 is 0 Å². The Balaban J connectivity index is 2.34. The zero-order valence-electron chi connectivity index (χ0n) is 10.9. The lowest BCUT2D eigenvalue weighted by atomic mass is 9.97. The molecule has 2 aromatic rings. The number of hydrogen-bond donors (Lipinski definition) is 0. The quantitative estimate of drug-likeness (QED) is 0.563. The normalized spacial score (nSPS) is 12.5. The first kappa shape index (κ1) is 10.5. The highest BCUT2D eigenvalue weighted by Gasteiger charge is 2.23. The average Bonchev–Trinajstić information content (AvgIpc) is 2.64. The van der Waals surface area contributed by atoms with Crippen LogP contribution in [-0.2, 0) is 6.42 Å². The minimum absolute atomic E-state index is 0.999. The molecule has 1 heteroatoms. The Bertz CT molecular complexity index is 624. The topological polar surface area (TPSA) is 12.9 Å². The summed E-state index contributed by atoms with van der Waals surface area (Å²) in [6.45, 7) is 8.64. The molecule has 1 nitrogen and oxygen atoms in total. The van der Waals surface area contributed by atoms with Crippen molar-refractivity contribution in [2.24, 2.45) is 0 Å². The van der Waals surface area contributed by atoms with Crippen LogP contribution in [-0.4, -0.2) is 4.98 Å². The van der Waals surface area contributed by atoms with Gasteiger partial charge >= 0.3 is 0 Å². The standard InChI is InChI=1S/C16H17N/c1-9-5-6-10(2)16-13(9)8-15-14(16)7-11(3)12(4)17-15/h5-7H,8H2,1-4H3. The number of hydrogen-bond acceptors (Lipinski definition) is 1. The van der Waals surface area contributed by atoms with Crippen LogP contribution in [0.2, 0.25) is 0 Å². The minimum Gasteiger partial charge on any atom is -0.257 e. The van der Waals surface area contributed by atoms with Crippen molar-refractivity contribution < 1.29 is 0 Å². The van der Waals surface area contributed by atoms with Crippen LogP contribution in [0.5, 0.6) is 0 Å². The monoisotopic (exact) mass is 223 g/mol. The average molecular weight is 223 g/mol. The van der Waals surface area contributed by atoms with E-state index in [9.17, 15) is 0 Å². The molecule has 0 atom stereocenters. The van der Waals surface area contributed by atoms with Crippen molar-refractivity contribution in [3.8, 4) is 11.1 Å². The molecule has 0 aliphatic heterocycles. The molecule has 86 valence electrons. The number of nitrogens with zero attached hydrogens (tertiary/aromatic N) is 1. The zero-order valence-corrected chi connectivity index (χ0v) is 10.9. The van der Waals surface area contributed by atoms with Gasteiger partial charge in [0.05, 0.1) is 5.69 Å². The number of benzene rings is 1. The molecule has 0 spiro atoms. The lowest BCUT2D eigenvalue weighted by Crippen LogP contribution is -1.93. The van der Waals surface area contributed by atoms with Gasteiger partial charge in [-0.15, -0.1) is 0 Å². The van der Waals surface area contributed by atoms with Crippen molar-refractivity contribution in [1.82, 2.24) is 4.98 Å². The van der Waals surface area contributed by atoms with Gasteiger partial charge in [0.2, 0.25) is 0 Å². The molecule has 0 saturated heterocycles. The number of rotatable bonds is 0. The van der Waals surface area contributed by atoms with Crippen LogP contribution < -0.4 is 0 Å². The summed E-state index contributed by atoms with van der Waals surface area (Å²) in [6, 6.07) is 6.74. The van der Waals surface area contributed by atoms with E-state index >= 15 is 0 Å². The summed E-state index contributed by atoms with van der Waals surface area (Å²) in [7, 11) is 0. The van der Waals surface area contributed by atoms with Crippen molar-refractivity contribution in [1.29, 1.82) is 0 Å². The van der Waals surface area contributed by atoms with Gasteiger partial charge in [-0.2, -0.15) is 0 Å². The molecule has 0 N–H and O–H groups in total. The largest absolute Gasteiger partial charge is 0.257 e. The molecule has 1 aliphatic rings. The lowest BCUT2D eigenvalue weighted by Gasteiger charge is -2.08. The Morgan fingerprint density at radius 3 is 2.41 bits per heavy atom. The second-order valence-corrected chi connectivity index (χ2v) is 5.11. The van der Waals surface area contributed by atoms with Gasteiger partial charge in [-0.25, -0.2) is 0 Å². The van der Waals surface area contributed by atoms with Crippen molar-refractivity contribution in [2.45, 2.75) is 34.1 Å². The van der Waals surface area contributed by atoms with E-state index in [1.807, 2.05) is 0 Å². The van der Waals surface area contributed by atoms with Crippen LogP contribution in [0.3, 0.4) is 0 Å². The summed E-state index contributed by atoms with van der Waals surface area (Å²) in [4.78, 5) is 4.75. The maximum Gasteiger partial charge on any atom is 0.0529 e. The molecule has 1 heterocycles. The molecule has 1 aliphatic carbocycles. The molecule has 0 amide bonds. The predicted molar refractivity (Wildman–Crippen MR) is 71.4 cm³/mol. The molecular formula is C16H17N. The molecule has 0 unspecified atom stereocenters. The third kappa shape index (κ3) is 1.42. The van der Waals surface area contributed by atoms with Gasteiger partial charge in [0.15, 0.2) is 0 Å². The first-order chi connectivity index (χ1) is 8.08. The SMILES string of the molecule is Cc1cc2c(nc1C)Cc1c(C)ccc(C)c1-2. The van der Waals surface area contributed by atoms with Crippen LogP contribution in [0.25, 0.3) is 11.1 Å². The van der Waals surface area contributed by atoms with Gasteiger partial charge in [-0.1, -0.05) is 12.1 Å². The van der Waals surface area contributed by atoms with Gasteiger partial charge in [-0.05, 0) is 61.6 Å². The van der Waals surface area contributed by atoms with Crippen LogP contribution in [0.4, 0.5) is 0 Å². The third-order valence-corrected chi connectivity index (χ3v) is 3.91. The summed E-state index contributed by atoms with van der Waals surface area (Å²) in [5.41, 5.74) is 10.7. The molecule has 0 radical (unpaired) electrons. The van der Waals surface area contributed by atoms with E-state index in [4.69, 9.17) is 4.98 Å². The molecular weight excluding hydrogens is 206 g/mol. The fraction of sp³-hybridized carbons (Fsp3) is 0.312. The van der Waals surface area contributed by atoms with Gasteiger partial charge in [0.1, 0.15) is 0 Å².